The number of amides is 3. The molecule has 1 unspecified atom stereocenters. The maximum absolute atomic E-state index is 14.1. The van der Waals surface area contributed by atoms with Gasteiger partial charge in [-0.3, -0.25) is 9.59 Å². The van der Waals surface area contributed by atoms with Gasteiger partial charge in [0.2, 0.25) is 6.10 Å². The number of nitrogens with zero attached hydrogens (tertiary/aromatic N) is 8. The van der Waals surface area contributed by atoms with Crippen molar-refractivity contribution in [1.29, 1.82) is 0 Å². The lowest BCUT2D eigenvalue weighted by atomic mass is 9.63. The van der Waals surface area contributed by atoms with E-state index in [4.69, 9.17) is 21.5 Å². The molecule has 0 bridgehead atoms. The summed E-state index contributed by atoms with van der Waals surface area (Å²) in [5, 5.41) is 6.45. The maximum Gasteiger partial charge on any atom is 0.405 e. The molecule has 2 N–H and O–H groups in total. The molecule has 31 heavy (non-hydrogen) atoms. The number of azide groups is 2. The highest BCUT2D eigenvalue weighted by atomic mass is 32.2. The van der Waals surface area contributed by atoms with Crippen molar-refractivity contribution in [1.82, 2.24) is 9.80 Å². The minimum absolute atomic E-state index is 0.0249. The van der Waals surface area contributed by atoms with Gasteiger partial charge in [0.25, 0.3) is 11.8 Å². The number of hydrogen-bond donors (Lipinski definition) is 1. The summed E-state index contributed by atoms with van der Waals surface area (Å²) < 4.78 is 4.23. The number of primary amides is 1. The van der Waals surface area contributed by atoms with E-state index in [9.17, 15) is 14.4 Å². The van der Waals surface area contributed by atoms with E-state index in [-0.39, 0.29) is 32.1 Å². The number of thioether (sulfide) groups is 1. The van der Waals surface area contributed by atoms with Crippen LogP contribution in [0.3, 0.4) is 0 Å². The van der Waals surface area contributed by atoms with E-state index >= 15 is 0 Å². The largest absolute Gasteiger partial charge is 0.433 e. The lowest BCUT2D eigenvalue weighted by Gasteiger charge is -2.57. The second-order valence-corrected chi connectivity index (χ2v) is 10.5. The SMILES string of the molecule is CC(C)(C)[C@@]1(C(=O)N(CCN=[N+]=[N-])CCN=[N+]=[N-])N2C(=O)[C@@H](OC(N)=O)C2SC1(C)C. The summed E-state index contributed by atoms with van der Waals surface area (Å²) in [6.07, 6.45) is -2.11. The second-order valence-electron chi connectivity index (χ2n) is 8.75. The Bertz CT molecular complexity index is 838. The quantitative estimate of drug-likeness (QED) is 0.255. The standard InChI is InChI=1S/C17H27N9O4S/c1-15(2,3)17(13(28)25(8-6-21-23-19)9-7-22-24-20)16(4,5)31-12-10(30-14(18)29)11(27)26(12)17/h10,12H,6-9H2,1-5H3,(H2,18,29)/t10-,12?,17-/m1/s1. The highest BCUT2D eigenvalue weighted by Gasteiger charge is 2.77. The first-order valence-corrected chi connectivity index (χ1v) is 10.5. The number of hydrogen-bond acceptors (Lipinski definition) is 7. The highest BCUT2D eigenvalue weighted by Crippen LogP contribution is 2.63. The third kappa shape index (κ3) is 3.93. The molecule has 0 aromatic heterocycles. The monoisotopic (exact) mass is 453 g/mol. The van der Waals surface area contributed by atoms with Crippen molar-refractivity contribution in [3.8, 4) is 0 Å². The number of carbonyl (C=O) groups is 3. The zero-order valence-electron chi connectivity index (χ0n) is 18.2. The topological polar surface area (TPSA) is 190 Å². The minimum atomic E-state index is -1.31. The molecule has 2 aliphatic rings. The highest BCUT2D eigenvalue weighted by molar-refractivity contribution is 8.01. The van der Waals surface area contributed by atoms with Crippen LogP contribution in [-0.4, -0.2) is 75.7 Å². The maximum atomic E-state index is 14.1. The number of ether oxygens (including phenoxy) is 1. The fraction of sp³-hybridized carbons (Fsp3) is 0.824. The summed E-state index contributed by atoms with van der Waals surface area (Å²) in [7, 11) is 0. The molecule has 3 amide bonds. The Labute approximate surface area is 183 Å². The van der Waals surface area contributed by atoms with Crippen LogP contribution in [0.2, 0.25) is 0 Å². The first kappa shape index (κ1) is 24.4. The van der Waals surface area contributed by atoms with Gasteiger partial charge in [-0.15, -0.1) is 11.8 Å². The van der Waals surface area contributed by atoms with E-state index in [0.29, 0.717) is 0 Å². The van der Waals surface area contributed by atoms with E-state index < -0.39 is 39.2 Å². The molecule has 170 valence electrons. The summed E-state index contributed by atoms with van der Waals surface area (Å²) >= 11 is 1.37. The number of β-lactam (4-membered cyclic amide) rings is 1. The summed E-state index contributed by atoms with van der Waals surface area (Å²) in [6, 6.07) is 0. The Morgan fingerprint density at radius 3 is 2.16 bits per heavy atom. The third-order valence-electron chi connectivity index (χ3n) is 5.63. The van der Waals surface area contributed by atoms with Gasteiger partial charge in [-0.1, -0.05) is 31.0 Å². The average molecular weight is 454 g/mol. The van der Waals surface area contributed by atoms with Crippen LogP contribution in [0.25, 0.3) is 20.9 Å². The van der Waals surface area contributed by atoms with Crippen LogP contribution in [0, 0.1) is 5.41 Å². The molecule has 13 nitrogen and oxygen atoms in total. The number of rotatable bonds is 8. The Hall–Kier alpha value is -2.82. The second kappa shape index (κ2) is 8.74. The Morgan fingerprint density at radius 2 is 1.74 bits per heavy atom. The van der Waals surface area contributed by atoms with Crippen LogP contribution >= 0.6 is 11.8 Å². The Kier molecular flexibility index (Phi) is 6.89. The molecule has 0 aromatic rings. The molecule has 2 rings (SSSR count). The number of carbonyl (C=O) groups excluding carboxylic acids is 3. The summed E-state index contributed by atoms with van der Waals surface area (Å²) in [6.45, 7) is 9.57. The van der Waals surface area contributed by atoms with E-state index in [1.54, 1.807) is 0 Å². The molecule has 2 saturated heterocycles. The van der Waals surface area contributed by atoms with E-state index in [2.05, 4.69) is 20.1 Å². The van der Waals surface area contributed by atoms with Gasteiger partial charge in [0.05, 0.1) is 0 Å². The van der Waals surface area contributed by atoms with Crippen molar-refractivity contribution in [2.45, 2.75) is 56.4 Å². The fourth-order valence-corrected chi connectivity index (χ4v) is 6.66. The molecular weight excluding hydrogens is 426 g/mol. The lowest BCUT2D eigenvalue weighted by molar-refractivity contribution is -0.187. The van der Waals surface area contributed by atoms with Crippen LogP contribution < -0.4 is 5.73 Å². The van der Waals surface area contributed by atoms with Crippen molar-refractivity contribution in [3.05, 3.63) is 20.9 Å². The van der Waals surface area contributed by atoms with Crippen molar-refractivity contribution >= 4 is 29.7 Å². The predicted octanol–water partition coefficient (Wildman–Crippen LogP) is 2.38. The zero-order valence-corrected chi connectivity index (χ0v) is 19.0. The summed E-state index contributed by atoms with van der Waals surface area (Å²) in [5.41, 5.74) is 20.3. The van der Waals surface area contributed by atoms with Crippen molar-refractivity contribution in [2.24, 2.45) is 21.4 Å². The lowest BCUT2D eigenvalue weighted by Crippen LogP contribution is -2.78. The molecule has 2 fully saturated rings. The van der Waals surface area contributed by atoms with E-state index in [1.807, 2.05) is 34.6 Å². The molecule has 0 saturated carbocycles. The van der Waals surface area contributed by atoms with Gasteiger partial charge in [0, 0.05) is 40.7 Å². The molecule has 14 heteroatoms. The van der Waals surface area contributed by atoms with Crippen LogP contribution in [0.4, 0.5) is 4.79 Å². The summed E-state index contributed by atoms with van der Waals surface area (Å²) in [4.78, 5) is 46.8. The van der Waals surface area contributed by atoms with Crippen LogP contribution in [0.15, 0.2) is 10.2 Å². The first-order chi connectivity index (χ1) is 14.4. The third-order valence-corrected chi connectivity index (χ3v) is 7.22. The van der Waals surface area contributed by atoms with Crippen molar-refractivity contribution in [2.75, 3.05) is 26.2 Å². The fourth-order valence-electron chi connectivity index (χ4n) is 4.73. The number of nitrogens with two attached hydrogens (primary N) is 1. The predicted molar refractivity (Wildman–Crippen MR) is 114 cm³/mol. The summed E-state index contributed by atoms with van der Waals surface area (Å²) in [5.74, 6) is -0.845. The molecular formula is C17H27N9O4S. The van der Waals surface area contributed by atoms with Gasteiger partial charge < -0.3 is 20.3 Å². The van der Waals surface area contributed by atoms with Gasteiger partial charge >= 0.3 is 6.09 Å². The molecule has 0 radical (unpaired) electrons. The normalized spacial score (nSPS) is 26.1. The van der Waals surface area contributed by atoms with Crippen LogP contribution in [0.5, 0.6) is 0 Å². The van der Waals surface area contributed by atoms with E-state index in [0.717, 1.165) is 0 Å². The smallest absolute Gasteiger partial charge is 0.405 e. The minimum Gasteiger partial charge on any atom is -0.433 e. The first-order valence-electron chi connectivity index (χ1n) is 9.65. The molecule has 0 aliphatic carbocycles. The van der Waals surface area contributed by atoms with Gasteiger partial charge in [-0.25, -0.2) is 4.79 Å². The van der Waals surface area contributed by atoms with Crippen LogP contribution in [-0.2, 0) is 14.3 Å². The molecule has 0 aromatic carbocycles. The van der Waals surface area contributed by atoms with Gasteiger partial charge in [-0.05, 0) is 30.3 Å². The van der Waals surface area contributed by atoms with Gasteiger partial charge in [0.15, 0.2) is 0 Å². The molecule has 2 aliphatic heterocycles. The Balaban J connectivity index is 2.54. The Morgan fingerprint density at radius 1 is 1.23 bits per heavy atom. The van der Waals surface area contributed by atoms with Crippen LogP contribution in [0.1, 0.15) is 34.6 Å². The molecule has 2 heterocycles. The van der Waals surface area contributed by atoms with Gasteiger partial charge in [-0.2, -0.15) is 0 Å². The number of fused-ring (bicyclic) bond motifs is 1. The van der Waals surface area contributed by atoms with Gasteiger partial charge in [0.1, 0.15) is 10.9 Å². The van der Waals surface area contributed by atoms with Crippen molar-refractivity contribution < 1.29 is 19.1 Å². The molecule has 0 spiro atoms. The van der Waals surface area contributed by atoms with Crippen molar-refractivity contribution in [3.63, 3.8) is 0 Å². The zero-order chi connectivity index (χ0) is 23.6. The van der Waals surface area contributed by atoms with E-state index in [1.165, 1.54) is 21.6 Å². The average Bonchev–Trinajstić information content (AvgIpc) is 2.89. The molecule has 3 atom stereocenters.